The molecule has 1 aromatic rings. The van der Waals surface area contributed by atoms with Crippen LogP contribution in [-0.4, -0.2) is 17.0 Å². The number of rotatable bonds is 3. The van der Waals surface area contributed by atoms with E-state index in [4.69, 9.17) is 5.11 Å². The third-order valence-corrected chi connectivity index (χ3v) is 3.42. The van der Waals surface area contributed by atoms with E-state index in [1.54, 1.807) is 0 Å². The van der Waals surface area contributed by atoms with Gasteiger partial charge in [-0.05, 0) is 12.8 Å². The number of carboxylic acid groups (broad SMARTS) is 1. The zero-order chi connectivity index (χ0) is 14.9. The Morgan fingerprint density at radius 1 is 1.15 bits per heavy atom. The number of carbonyl (C=O) groups excluding carboxylic acids is 1. The Labute approximate surface area is 112 Å². The van der Waals surface area contributed by atoms with Crippen molar-refractivity contribution >= 4 is 17.6 Å². The van der Waals surface area contributed by atoms with Crippen LogP contribution in [0.4, 0.5) is 18.9 Å². The largest absolute Gasteiger partial charge is 0.481 e. The average molecular weight is 287 g/mol. The first-order valence-corrected chi connectivity index (χ1v) is 6.08. The number of benzene rings is 1. The standard InChI is InChI=1S/C13H12F3NO3/c14-6-4-9(15)11(16)10(5-6)17-12(18)7-2-1-3-8(7)13(19)20/h4-5,7-8H,1-3H2,(H,17,18)(H,19,20)/t7-,8+/m1/s1. The minimum Gasteiger partial charge on any atom is -0.481 e. The Kier molecular flexibility index (Phi) is 3.96. The Hall–Kier alpha value is -2.05. The monoisotopic (exact) mass is 287 g/mol. The summed E-state index contributed by atoms with van der Waals surface area (Å²) in [4.78, 5) is 22.9. The molecule has 0 aliphatic heterocycles. The summed E-state index contributed by atoms with van der Waals surface area (Å²) in [6.45, 7) is 0. The van der Waals surface area contributed by atoms with Gasteiger partial charge in [-0.2, -0.15) is 0 Å². The third-order valence-electron chi connectivity index (χ3n) is 3.42. The molecule has 7 heteroatoms. The van der Waals surface area contributed by atoms with E-state index in [2.05, 4.69) is 5.32 Å². The molecule has 1 fully saturated rings. The lowest BCUT2D eigenvalue weighted by atomic mass is 9.95. The molecule has 0 heterocycles. The molecule has 1 amide bonds. The molecule has 2 rings (SSSR count). The number of carbonyl (C=O) groups is 2. The van der Waals surface area contributed by atoms with Crippen LogP contribution in [0.25, 0.3) is 0 Å². The van der Waals surface area contributed by atoms with E-state index in [9.17, 15) is 22.8 Å². The number of anilines is 1. The molecule has 2 N–H and O–H groups in total. The van der Waals surface area contributed by atoms with Gasteiger partial charge in [0.05, 0.1) is 17.5 Å². The second-order valence-corrected chi connectivity index (χ2v) is 4.72. The number of hydrogen-bond acceptors (Lipinski definition) is 2. The first kappa shape index (κ1) is 14.4. The third kappa shape index (κ3) is 2.76. The lowest BCUT2D eigenvalue weighted by Gasteiger charge is -2.16. The van der Waals surface area contributed by atoms with E-state index in [1.807, 2.05) is 0 Å². The normalized spacial score (nSPS) is 21.8. The Balaban J connectivity index is 2.18. The van der Waals surface area contributed by atoms with Gasteiger partial charge >= 0.3 is 5.97 Å². The van der Waals surface area contributed by atoms with E-state index < -0.39 is 46.9 Å². The molecule has 0 saturated heterocycles. The molecule has 1 saturated carbocycles. The van der Waals surface area contributed by atoms with Crippen molar-refractivity contribution < 1.29 is 27.9 Å². The summed E-state index contributed by atoms with van der Waals surface area (Å²) in [6.07, 6.45) is 1.27. The van der Waals surface area contributed by atoms with Crippen LogP contribution in [0.15, 0.2) is 12.1 Å². The smallest absolute Gasteiger partial charge is 0.307 e. The van der Waals surface area contributed by atoms with Gasteiger partial charge in [0.25, 0.3) is 0 Å². The molecule has 0 spiro atoms. The maximum atomic E-state index is 13.4. The van der Waals surface area contributed by atoms with Gasteiger partial charge in [-0.3, -0.25) is 9.59 Å². The van der Waals surface area contributed by atoms with Crippen LogP contribution >= 0.6 is 0 Å². The van der Waals surface area contributed by atoms with Crippen molar-refractivity contribution in [3.8, 4) is 0 Å². The van der Waals surface area contributed by atoms with E-state index in [0.29, 0.717) is 31.4 Å². The van der Waals surface area contributed by atoms with E-state index in [0.717, 1.165) is 0 Å². The van der Waals surface area contributed by atoms with Crippen LogP contribution in [0.1, 0.15) is 19.3 Å². The van der Waals surface area contributed by atoms with Crippen molar-refractivity contribution in [2.24, 2.45) is 11.8 Å². The molecule has 1 aromatic carbocycles. The second-order valence-electron chi connectivity index (χ2n) is 4.72. The quantitative estimate of drug-likeness (QED) is 0.840. The van der Waals surface area contributed by atoms with Crippen LogP contribution in [0.3, 0.4) is 0 Å². The average Bonchev–Trinajstić information content (AvgIpc) is 2.84. The molecule has 0 bridgehead atoms. The van der Waals surface area contributed by atoms with Gasteiger partial charge in [-0.25, -0.2) is 13.2 Å². The van der Waals surface area contributed by atoms with Crippen LogP contribution in [0.5, 0.6) is 0 Å². The number of halogens is 3. The fourth-order valence-electron chi connectivity index (χ4n) is 2.44. The summed E-state index contributed by atoms with van der Waals surface area (Å²) >= 11 is 0. The molecule has 1 aliphatic carbocycles. The van der Waals surface area contributed by atoms with Crippen LogP contribution in [-0.2, 0) is 9.59 Å². The first-order valence-electron chi connectivity index (χ1n) is 6.08. The Morgan fingerprint density at radius 2 is 1.80 bits per heavy atom. The highest BCUT2D eigenvalue weighted by Crippen LogP contribution is 2.33. The van der Waals surface area contributed by atoms with E-state index in [1.165, 1.54) is 0 Å². The number of aliphatic carboxylic acids is 1. The molecule has 20 heavy (non-hydrogen) atoms. The Bertz CT molecular complexity index is 562. The summed E-state index contributed by atoms with van der Waals surface area (Å²) < 4.78 is 39.4. The predicted octanol–water partition coefficient (Wildman–Crippen LogP) is 2.54. The summed E-state index contributed by atoms with van der Waals surface area (Å²) in [5.41, 5.74) is -0.622. The van der Waals surface area contributed by atoms with Crippen molar-refractivity contribution in [3.63, 3.8) is 0 Å². The first-order chi connectivity index (χ1) is 9.40. The highest BCUT2D eigenvalue weighted by Gasteiger charge is 2.38. The van der Waals surface area contributed by atoms with Crippen molar-refractivity contribution in [1.29, 1.82) is 0 Å². The van der Waals surface area contributed by atoms with Gasteiger partial charge in [-0.1, -0.05) is 6.42 Å². The molecular formula is C13H12F3NO3. The van der Waals surface area contributed by atoms with Crippen LogP contribution in [0, 0.1) is 29.3 Å². The minimum absolute atomic E-state index is 0.349. The van der Waals surface area contributed by atoms with Crippen molar-refractivity contribution in [2.45, 2.75) is 19.3 Å². The van der Waals surface area contributed by atoms with Crippen LogP contribution in [0.2, 0.25) is 0 Å². The molecular weight excluding hydrogens is 275 g/mol. The number of carboxylic acids is 1. The maximum absolute atomic E-state index is 13.4. The summed E-state index contributed by atoms with van der Waals surface area (Å²) in [7, 11) is 0. The SMILES string of the molecule is O=C(O)[C@H]1CCC[C@H]1C(=O)Nc1cc(F)cc(F)c1F. The molecule has 0 unspecified atom stereocenters. The second kappa shape index (κ2) is 5.52. The van der Waals surface area contributed by atoms with E-state index >= 15 is 0 Å². The molecule has 1 aliphatic rings. The zero-order valence-corrected chi connectivity index (χ0v) is 10.3. The molecule has 108 valence electrons. The highest BCUT2D eigenvalue weighted by atomic mass is 19.2. The van der Waals surface area contributed by atoms with Gasteiger partial charge < -0.3 is 10.4 Å². The Morgan fingerprint density at radius 3 is 2.45 bits per heavy atom. The summed E-state index contributed by atoms with van der Waals surface area (Å²) in [6, 6.07) is 1.02. The number of nitrogens with one attached hydrogen (secondary N) is 1. The van der Waals surface area contributed by atoms with Gasteiger partial charge in [0.15, 0.2) is 11.6 Å². The van der Waals surface area contributed by atoms with Crippen molar-refractivity contribution in [3.05, 3.63) is 29.6 Å². The fourth-order valence-corrected chi connectivity index (χ4v) is 2.44. The molecule has 0 radical (unpaired) electrons. The molecule has 4 nitrogen and oxygen atoms in total. The van der Waals surface area contributed by atoms with Gasteiger partial charge in [0.2, 0.25) is 5.91 Å². The van der Waals surface area contributed by atoms with Crippen molar-refractivity contribution in [1.82, 2.24) is 0 Å². The van der Waals surface area contributed by atoms with Gasteiger partial charge in [0.1, 0.15) is 5.82 Å². The zero-order valence-electron chi connectivity index (χ0n) is 10.3. The van der Waals surface area contributed by atoms with Gasteiger partial charge in [-0.15, -0.1) is 0 Å². The fraction of sp³-hybridized carbons (Fsp3) is 0.385. The number of hydrogen-bond donors (Lipinski definition) is 2. The number of amides is 1. The minimum atomic E-state index is -1.42. The van der Waals surface area contributed by atoms with Gasteiger partial charge in [0, 0.05) is 12.1 Å². The molecule has 0 aromatic heterocycles. The maximum Gasteiger partial charge on any atom is 0.307 e. The summed E-state index contributed by atoms with van der Waals surface area (Å²) in [5, 5.41) is 11.0. The van der Waals surface area contributed by atoms with Crippen molar-refractivity contribution in [2.75, 3.05) is 5.32 Å². The molecule has 2 atom stereocenters. The predicted molar refractivity (Wildman–Crippen MR) is 63.4 cm³/mol. The topological polar surface area (TPSA) is 66.4 Å². The highest BCUT2D eigenvalue weighted by molar-refractivity contribution is 5.95. The summed E-state index contributed by atoms with van der Waals surface area (Å²) in [5.74, 6) is -7.33. The lowest BCUT2D eigenvalue weighted by Crippen LogP contribution is -2.30. The van der Waals surface area contributed by atoms with Crippen LogP contribution < -0.4 is 5.32 Å². The van der Waals surface area contributed by atoms with E-state index in [-0.39, 0.29) is 0 Å². The lowest BCUT2D eigenvalue weighted by molar-refractivity contribution is -0.145.